The summed E-state index contributed by atoms with van der Waals surface area (Å²) < 4.78 is 21.7. The van der Waals surface area contributed by atoms with E-state index in [0.717, 1.165) is 0 Å². The number of hydrogen-bond acceptors (Lipinski definition) is 4. The number of aliphatic carboxylic acids is 1. The maximum absolute atomic E-state index is 12.1. The van der Waals surface area contributed by atoms with Crippen molar-refractivity contribution >= 4 is 21.9 Å². The molecule has 0 bridgehead atoms. The fraction of sp³-hybridized carbons (Fsp3) is 0.692. The number of carboxylic acid groups (broad SMARTS) is 1. The molecule has 0 saturated carbocycles. The van der Waals surface area contributed by atoms with Gasteiger partial charge in [-0.2, -0.15) is 0 Å². The normalized spacial score (nSPS) is 22.8. The molecule has 3 N–H and O–H groups in total. The van der Waals surface area contributed by atoms with Crippen molar-refractivity contribution in [2.45, 2.75) is 32.1 Å². The minimum absolute atomic E-state index is 0.0558. The van der Waals surface area contributed by atoms with Gasteiger partial charge in [-0.25, -0.2) is 13.6 Å². The molecule has 1 heterocycles. The number of hydrogen-bond donors (Lipinski definition) is 2. The number of likely N-dealkylation sites (tertiary alicyclic amines) is 1. The van der Waals surface area contributed by atoms with E-state index in [0.29, 0.717) is 25.8 Å². The number of carbonyl (C=O) groups excluding carboxylic acids is 1. The number of sulfonamides is 1. The van der Waals surface area contributed by atoms with Gasteiger partial charge in [-0.3, -0.25) is 9.59 Å². The van der Waals surface area contributed by atoms with Crippen LogP contribution in [-0.2, 0) is 19.6 Å². The van der Waals surface area contributed by atoms with E-state index in [2.05, 4.69) is 6.58 Å². The van der Waals surface area contributed by atoms with Crippen molar-refractivity contribution in [3.8, 4) is 0 Å². The predicted octanol–water partition coefficient (Wildman–Crippen LogP) is 0.325. The molecular formula is C13H22N2O5S. The number of rotatable bonds is 7. The Bertz CT molecular complexity index is 517. The first-order chi connectivity index (χ1) is 9.70. The Morgan fingerprint density at radius 1 is 1.43 bits per heavy atom. The average molecular weight is 318 g/mol. The number of carboxylic acids is 1. The highest BCUT2D eigenvalue weighted by atomic mass is 32.2. The first-order valence-electron chi connectivity index (χ1n) is 6.83. The quantitative estimate of drug-likeness (QED) is 0.656. The highest BCUT2D eigenvalue weighted by Gasteiger charge is 2.42. The van der Waals surface area contributed by atoms with Crippen LogP contribution in [0.2, 0.25) is 0 Å². The Hall–Kier alpha value is -1.41. The molecule has 0 spiro atoms. The van der Waals surface area contributed by atoms with Crippen LogP contribution in [0.4, 0.5) is 0 Å². The van der Waals surface area contributed by atoms with Gasteiger partial charge in [0.05, 0.1) is 11.2 Å². The van der Waals surface area contributed by atoms with E-state index in [1.54, 1.807) is 6.08 Å². The lowest BCUT2D eigenvalue weighted by Crippen LogP contribution is -2.49. The summed E-state index contributed by atoms with van der Waals surface area (Å²) >= 11 is 0. The molecule has 0 aromatic carbocycles. The Labute approximate surface area is 124 Å². The maximum Gasteiger partial charge on any atom is 0.311 e. The topological polar surface area (TPSA) is 118 Å². The first-order valence-corrected chi connectivity index (χ1v) is 8.54. The lowest BCUT2D eigenvalue weighted by Gasteiger charge is -2.39. The van der Waals surface area contributed by atoms with E-state index in [4.69, 9.17) is 5.14 Å². The molecule has 21 heavy (non-hydrogen) atoms. The van der Waals surface area contributed by atoms with Gasteiger partial charge in [0, 0.05) is 19.5 Å². The van der Waals surface area contributed by atoms with Crippen LogP contribution in [0.3, 0.4) is 0 Å². The Balaban J connectivity index is 2.64. The number of nitrogens with zero attached hydrogens (tertiary/aromatic N) is 1. The Morgan fingerprint density at radius 2 is 2.10 bits per heavy atom. The fourth-order valence-electron chi connectivity index (χ4n) is 2.63. The molecule has 0 aromatic rings. The van der Waals surface area contributed by atoms with Crippen LogP contribution >= 0.6 is 0 Å². The summed E-state index contributed by atoms with van der Waals surface area (Å²) in [5.41, 5.74) is -0.977. The molecule has 1 unspecified atom stereocenters. The SMILES string of the molecule is C=CCC1(C(=O)O)CCCN(C(=O)CCCS(N)(=O)=O)C1. The molecule has 0 aliphatic carbocycles. The zero-order chi connectivity index (χ0) is 16.1. The number of allylic oxidation sites excluding steroid dienone is 1. The molecular weight excluding hydrogens is 296 g/mol. The number of nitrogens with two attached hydrogens (primary N) is 1. The van der Waals surface area contributed by atoms with Crippen LogP contribution < -0.4 is 5.14 Å². The third kappa shape index (κ3) is 5.13. The molecule has 8 heteroatoms. The highest BCUT2D eigenvalue weighted by molar-refractivity contribution is 7.89. The zero-order valence-corrected chi connectivity index (χ0v) is 12.8. The molecule has 1 atom stereocenters. The third-order valence-corrected chi connectivity index (χ3v) is 4.60. The second-order valence-corrected chi connectivity index (χ2v) is 7.20. The molecule has 0 radical (unpaired) electrons. The van der Waals surface area contributed by atoms with Gasteiger partial charge in [0.2, 0.25) is 15.9 Å². The summed E-state index contributed by atoms with van der Waals surface area (Å²) in [6, 6.07) is 0. The van der Waals surface area contributed by atoms with Crippen LogP contribution in [-0.4, -0.2) is 49.1 Å². The van der Waals surface area contributed by atoms with Gasteiger partial charge in [-0.15, -0.1) is 6.58 Å². The standard InChI is InChI=1S/C13H22N2O5S/c1-2-6-13(12(17)18)7-4-8-15(10-13)11(16)5-3-9-21(14,19)20/h2H,1,3-10H2,(H,17,18)(H2,14,19,20). The van der Waals surface area contributed by atoms with Crippen LogP contribution in [0, 0.1) is 5.41 Å². The average Bonchev–Trinajstić information content (AvgIpc) is 2.37. The number of piperidine rings is 1. The van der Waals surface area contributed by atoms with Crippen molar-refractivity contribution in [3.05, 3.63) is 12.7 Å². The molecule has 1 amide bonds. The predicted molar refractivity (Wildman–Crippen MR) is 77.9 cm³/mol. The van der Waals surface area contributed by atoms with Gasteiger partial charge in [0.25, 0.3) is 0 Å². The van der Waals surface area contributed by atoms with Crippen molar-refractivity contribution in [3.63, 3.8) is 0 Å². The summed E-state index contributed by atoms with van der Waals surface area (Å²) in [7, 11) is -3.57. The summed E-state index contributed by atoms with van der Waals surface area (Å²) in [6.07, 6.45) is 3.19. The van der Waals surface area contributed by atoms with Crippen molar-refractivity contribution in [1.29, 1.82) is 0 Å². The van der Waals surface area contributed by atoms with Gasteiger partial charge in [-0.1, -0.05) is 6.08 Å². The van der Waals surface area contributed by atoms with Crippen LogP contribution in [0.1, 0.15) is 32.1 Å². The minimum Gasteiger partial charge on any atom is -0.481 e. The molecule has 1 aliphatic heterocycles. The van der Waals surface area contributed by atoms with E-state index in [1.165, 1.54) is 4.90 Å². The van der Waals surface area contributed by atoms with Crippen LogP contribution in [0.5, 0.6) is 0 Å². The summed E-state index contributed by atoms with van der Waals surface area (Å²) in [4.78, 5) is 25.1. The zero-order valence-electron chi connectivity index (χ0n) is 12.0. The number of primary sulfonamides is 1. The van der Waals surface area contributed by atoms with E-state index in [9.17, 15) is 23.1 Å². The van der Waals surface area contributed by atoms with Gasteiger partial charge in [0.15, 0.2) is 0 Å². The molecule has 7 nitrogen and oxygen atoms in total. The smallest absolute Gasteiger partial charge is 0.311 e. The third-order valence-electron chi connectivity index (χ3n) is 3.74. The molecule has 1 aliphatic rings. The van der Waals surface area contributed by atoms with Gasteiger partial charge in [0.1, 0.15) is 0 Å². The summed E-state index contributed by atoms with van der Waals surface area (Å²) in [5, 5.41) is 14.3. The largest absolute Gasteiger partial charge is 0.481 e. The van der Waals surface area contributed by atoms with Crippen LogP contribution in [0.15, 0.2) is 12.7 Å². The van der Waals surface area contributed by atoms with E-state index < -0.39 is 21.4 Å². The monoisotopic (exact) mass is 318 g/mol. The summed E-state index contributed by atoms with van der Waals surface area (Å²) in [5.74, 6) is -1.40. The van der Waals surface area contributed by atoms with Crippen molar-refractivity contribution in [1.82, 2.24) is 4.90 Å². The first kappa shape index (κ1) is 17.6. The number of amides is 1. The molecule has 1 saturated heterocycles. The molecule has 120 valence electrons. The number of carbonyl (C=O) groups is 2. The van der Waals surface area contributed by atoms with E-state index in [-0.39, 0.29) is 31.0 Å². The Kier molecular flexibility index (Phi) is 5.91. The van der Waals surface area contributed by atoms with Gasteiger partial charge in [-0.05, 0) is 25.7 Å². The molecule has 1 rings (SSSR count). The second kappa shape index (κ2) is 7.04. The van der Waals surface area contributed by atoms with Crippen molar-refractivity contribution in [2.75, 3.05) is 18.8 Å². The summed E-state index contributed by atoms with van der Waals surface area (Å²) in [6.45, 7) is 4.22. The molecule has 1 fully saturated rings. The van der Waals surface area contributed by atoms with Crippen molar-refractivity contribution < 1.29 is 23.1 Å². The Morgan fingerprint density at radius 3 is 2.62 bits per heavy atom. The van der Waals surface area contributed by atoms with E-state index in [1.807, 2.05) is 0 Å². The van der Waals surface area contributed by atoms with Crippen LogP contribution in [0.25, 0.3) is 0 Å². The van der Waals surface area contributed by atoms with Gasteiger partial charge >= 0.3 is 5.97 Å². The fourth-order valence-corrected chi connectivity index (χ4v) is 3.18. The maximum atomic E-state index is 12.1. The van der Waals surface area contributed by atoms with E-state index >= 15 is 0 Å². The van der Waals surface area contributed by atoms with Gasteiger partial charge < -0.3 is 10.0 Å². The highest BCUT2D eigenvalue weighted by Crippen LogP contribution is 2.34. The van der Waals surface area contributed by atoms with Crippen molar-refractivity contribution in [2.24, 2.45) is 10.6 Å². The second-order valence-electron chi connectivity index (χ2n) is 5.47. The minimum atomic E-state index is -3.57. The lowest BCUT2D eigenvalue weighted by molar-refractivity contribution is -0.154. The lowest BCUT2D eigenvalue weighted by atomic mass is 9.77. The molecule has 0 aromatic heterocycles.